The molecule has 0 fully saturated rings. The van der Waals surface area contributed by atoms with Crippen molar-refractivity contribution in [1.82, 2.24) is 4.57 Å². The van der Waals surface area contributed by atoms with Gasteiger partial charge >= 0.3 is 5.97 Å². The van der Waals surface area contributed by atoms with E-state index >= 15 is 0 Å². The number of nitrogens with zero attached hydrogens (tertiary/aromatic N) is 1. The molecule has 2 N–H and O–H groups in total. The summed E-state index contributed by atoms with van der Waals surface area (Å²) in [6.07, 6.45) is 6.83. The third-order valence-electron chi connectivity index (χ3n) is 3.16. The fraction of sp³-hybridized carbons (Fsp3) is 0.357. The standard InChI is InChI=1S/C14H17NO4/c1-2-12(16)19-9-5-8-15-13(17)10-6-3-4-7-11(10)14(15)18/h2-4,17-18H,1,5-9H2. The maximum Gasteiger partial charge on any atom is 0.330 e. The van der Waals surface area contributed by atoms with Gasteiger partial charge in [-0.25, -0.2) is 4.79 Å². The summed E-state index contributed by atoms with van der Waals surface area (Å²) in [7, 11) is 0. The molecule has 1 aliphatic carbocycles. The van der Waals surface area contributed by atoms with Crippen LogP contribution in [-0.2, 0) is 28.9 Å². The monoisotopic (exact) mass is 263 g/mol. The van der Waals surface area contributed by atoms with Crippen LogP contribution >= 0.6 is 0 Å². The molecule has 102 valence electrons. The number of carbonyl (C=O) groups excluding carboxylic acids is 1. The van der Waals surface area contributed by atoms with Crippen LogP contribution in [-0.4, -0.2) is 27.4 Å². The van der Waals surface area contributed by atoms with Crippen molar-refractivity contribution in [3.05, 3.63) is 35.9 Å². The molecule has 0 saturated carbocycles. The van der Waals surface area contributed by atoms with Gasteiger partial charge in [0.2, 0.25) is 0 Å². The predicted octanol–water partition coefficient (Wildman–Crippen LogP) is 1.67. The summed E-state index contributed by atoms with van der Waals surface area (Å²) in [5.74, 6) is -0.261. The van der Waals surface area contributed by atoms with Crippen molar-refractivity contribution in [3.63, 3.8) is 0 Å². The third kappa shape index (κ3) is 2.65. The molecule has 1 aromatic heterocycles. The van der Waals surface area contributed by atoms with Crippen LogP contribution in [0.1, 0.15) is 17.5 Å². The summed E-state index contributed by atoms with van der Waals surface area (Å²) in [4.78, 5) is 10.9. The molecule has 5 nitrogen and oxygen atoms in total. The molecule has 0 bridgehead atoms. The van der Waals surface area contributed by atoms with Crippen molar-refractivity contribution in [2.24, 2.45) is 0 Å². The minimum Gasteiger partial charge on any atom is -0.494 e. The van der Waals surface area contributed by atoms with Crippen LogP contribution in [0.2, 0.25) is 0 Å². The highest BCUT2D eigenvalue weighted by atomic mass is 16.5. The predicted molar refractivity (Wildman–Crippen MR) is 70.1 cm³/mol. The minimum absolute atomic E-state index is 0.104. The molecular formula is C14H17NO4. The van der Waals surface area contributed by atoms with Gasteiger partial charge < -0.3 is 14.9 Å². The van der Waals surface area contributed by atoms with E-state index < -0.39 is 5.97 Å². The Morgan fingerprint density at radius 2 is 1.89 bits per heavy atom. The Morgan fingerprint density at radius 1 is 1.32 bits per heavy atom. The molecule has 0 atom stereocenters. The van der Waals surface area contributed by atoms with Gasteiger partial charge in [-0.3, -0.25) is 4.57 Å². The summed E-state index contributed by atoms with van der Waals surface area (Å²) < 4.78 is 6.31. The first-order chi connectivity index (χ1) is 9.15. The summed E-state index contributed by atoms with van der Waals surface area (Å²) in [5, 5.41) is 20.1. The Balaban J connectivity index is 1.99. The Hall–Kier alpha value is -2.17. The lowest BCUT2D eigenvalue weighted by Crippen LogP contribution is -2.05. The molecule has 0 aliphatic heterocycles. The van der Waals surface area contributed by atoms with Crippen molar-refractivity contribution in [2.45, 2.75) is 25.8 Å². The average molecular weight is 263 g/mol. The molecule has 0 unspecified atom stereocenters. The van der Waals surface area contributed by atoms with Crippen LogP contribution in [0.15, 0.2) is 24.8 Å². The van der Waals surface area contributed by atoms with E-state index in [9.17, 15) is 15.0 Å². The molecule has 1 heterocycles. The molecule has 0 amide bonds. The highest BCUT2D eigenvalue weighted by molar-refractivity contribution is 5.81. The minimum atomic E-state index is -0.468. The van der Waals surface area contributed by atoms with Crippen LogP contribution in [0.4, 0.5) is 0 Å². The summed E-state index contributed by atoms with van der Waals surface area (Å²) in [5.41, 5.74) is 1.56. The van der Waals surface area contributed by atoms with Crippen molar-refractivity contribution >= 4 is 5.97 Å². The second-order valence-electron chi connectivity index (χ2n) is 4.36. The first kappa shape index (κ1) is 13.3. The van der Waals surface area contributed by atoms with Gasteiger partial charge in [-0.2, -0.15) is 0 Å². The highest BCUT2D eigenvalue weighted by Gasteiger charge is 2.22. The van der Waals surface area contributed by atoms with E-state index in [0.29, 0.717) is 25.8 Å². The number of esters is 1. The Bertz CT molecular complexity index is 497. The molecule has 0 spiro atoms. The molecule has 19 heavy (non-hydrogen) atoms. The van der Waals surface area contributed by atoms with Gasteiger partial charge in [-0.15, -0.1) is 0 Å². The molecule has 0 radical (unpaired) electrons. The maximum atomic E-state index is 10.9. The van der Waals surface area contributed by atoms with E-state index in [4.69, 9.17) is 4.74 Å². The second-order valence-corrected chi connectivity index (χ2v) is 4.36. The average Bonchev–Trinajstić information content (AvgIpc) is 2.68. The van der Waals surface area contributed by atoms with Crippen LogP contribution in [0.3, 0.4) is 0 Å². The maximum absolute atomic E-state index is 10.9. The van der Waals surface area contributed by atoms with Crippen LogP contribution in [0.25, 0.3) is 0 Å². The summed E-state index contributed by atoms with van der Waals surface area (Å²) in [6, 6.07) is 0. The zero-order valence-corrected chi connectivity index (χ0v) is 10.6. The Kier molecular flexibility index (Phi) is 3.94. The van der Waals surface area contributed by atoms with Gasteiger partial charge in [0.15, 0.2) is 11.8 Å². The lowest BCUT2D eigenvalue weighted by atomic mass is 10.0. The molecule has 5 heteroatoms. The number of aromatic hydroxyl groups is 2. The Morgan fingerprint density at radius 3 is 2.42 bits per heavy atom. The molecule has 1 aromatic rings. The quantitative estimate of drug-likeness (QED) is 0.367. The van der Waals surface area contributed by atoms with Crippen molar-refractivity contribution in [2.75, 3.05) is 6.61 Å². The van der Waals surface area contributed by atoms with E-state index in [2.05, 4.69) is 6.58 Å². The number of fused-ring (bicyclic) bond motifs is 1. The smallest absolute Gasteiger partial charge is 0.330 e. The Labute approximate surface area is 111 Å². The highest BCUT2D eigenvalue weighted by Crippen LogP contribution is 2.36. The zero-order valence-electron chi connectivity index (χ0n) is 10.6. The SMILES string of the molecule is C=CC(=O)OCCCn1c(O)c2c(c1O)CC=CC2. The molecule has 2 rings (SSSR count). The molecule has 1 aliphatic rings. The third-order valence-corrected chi connectivity index (χ3v) is 3.16. The first-order valence-corrected chi connectivity index (χ1v) is 6.21. The van der Waals surface area contributed by atoms with Crippen molar-refractivity contribution in [3.8, 4) is 11.8 Å². The van der Waals surface area contributed by atoms with Gasteiger partial charge in [0.25, 0.3) is 0 Å². The number of hydrogen-bond donors (Lipinski definition) is 2. The van der Waals surface area contributed by atoms with E-state index in [0.717, 1.165) is 17.2 Å². The zero-order chi connectivity index (χ0) is 13.8. The number of hydrogen-bond acceptors (Lipinski definition) is 4. The number of aromatic nitrogens is 1. The topological polar surface area (TPSA) is 71.7 Å². The van der Waals surface area contributed by atoms with Crippen molar-refractivity contribution < 1.29 is 19.7 Å². The van der Waals surface area contributed by atoms with E-state index in [1.165, 1.54) is 4.57 Å². The van der Waals surface area contributed by atoms with Crippen LogP contribution < -0.4 is 0 Å². The lowest BCUT2D eigenvalue weighted by Gasteiger charge is -2.07. The molecule has 0 aromatic carbocycles. The van der Waals surface area contributed by atoms with Gasteiger partial charge in [0, 0.05) is 23.7 Å². The van der Waals surface area contributed by atoms with E-state index in [1.54, 1.807) is 0 Å². The summed E-state index contributed by atoms with van der Waals surface area (Å²) in [6.45, 7) is 3.93. The van der Waals surface area contributed by atoms with Crippen molar-refractivity contribution in [1.29, 1.82) is 0 Å². The largest absolute Gasteiger partial charge is 0.494 e. The van der Waals surface area contributed by atoms with Crippen LogP contribution in [0.5, 0.6) is 11.8 Å². The van der Waals surface area contributed by atoms with E-state index in [-0.39, 0.29) is 18.4 Å². The first-order valence-electron chi connectivity index (χ1n) is 6.21. The fourth-order valence-electron chi connectivity index (χ4n) is 2.19. The van der Waals surface area contributed by atoms with E-state index in [1.807, 2.05) is 12.2 Å². The molecular weight excluding hydrogens is 246 g/mol. The molecule has 0 saturated heterocycles. The fourth-order valence-corrected chi connectivity index (χ4v) is 2.19. The summed E-state index contributed by atoms with van der Waals surface area (Å²) >= 11 is 0. The van der Waals surface area contributed by atoms with Gasteiger partial charge in [0.1, 0.15) is 0 Å². The van der Waals surface area contributed by atoms with Gasteiger partial charge in [0.05, 0.1) is 6.61 Å². The number of rotatable bonds is 5. The number of allylic oxidation sites excluding steroid dienone is 2. The van der Waals surface area contributed by atoms with Gasteiger partial charge in [-0.05, 0) is 19.3 Å². The lowest BCUT2D eigenvalue weighted by molar-refractivity contribution is -0.137. The number of ether oxygens (including phenoxy) is 1. The van der Waals surface area contributed by atoms with Gasteiger partial charge in [-0.1, -0.05) is 18.7 Å². The second kappa shape index (κ2) is 5.65. The normalized spacial score (nSPS) is 13.1. The number of carbonyl (C=O) groups is 1. The van der Waals surface area contributed by atoms with Crippen LogP contribution in [0, 0.1) is 0 Å².